The van der Waals surface area contributed by atoms with E-state index in [0.717, 1.165) is 0 Å². The molecule has 14 heavy (non-hydrogen) atoms. The Balaban J connectivity index is 2.16. The minimum absolute atomic E-state index is 0.363. The van der Waals surface area contributed by atoms with Crippen LogP contribution in [0.1, 0.15) is 25.7 Å². The highest BCUT2D eigenvalue weighted by atomic mass is 16.4. The van der Waals surface area contributed by atoms with Crippen molar-refractivity contribution in [2.45, 2.75) is 25.7 Å². The Morgan fingerprint density at radius 2 is 1.14 bits per heavy atom. The molecule has 4 aliphatic carbocycles. The van der Waals surface area contributed by atoms with E-state index in [0.29, 0.717) is 37.5 Å². The smallest absolute Gasteiger partial charge is 0.310 e. The average Bonchev–Trinajstić information content (AvgIpc) is 2.69. The van der Waals surface area contributed by atoms with Gasteiger partial charge in [0.05, 0.1) is 10.8 Å². The van der Waals surface area contributed by atoms with Crippen LogP contribution in [0.5, 0.6) is 0 Å². The molecule has 4 saturated carbocycles. The Kier molecular flexibility index (Phi) is 1.16. The Morgan fingerprint density at radius 3 is 1.36 bits per heavy atom. The fraction of sp³-hybridized carbons (Fsp3) is 0.800. The van der Waals surface area contributed by atoms with Gasteiger partial charge in [-0.3, -0.25) is 9.59 Å². The first-order valence-electron chi connectivity index (χ1n) is 4.99. The summed E-state index contributed by atoms with van der Waals surface area (Å²) in [5, 5.41) is 18.5. The van der Waals surface area contributed by atoms with Gasteiger partial charge < -0.3 is 10.2 Å². The molecule has 4 nitrogen and oxygen atoms in total. The van der Waals surface area contributed by atoms with Crippen LogP contribution in [0.15, 0.2) is 0 Å². The molecule has 0 heterocycles. The highest BCUT2D eigenvalue weighted by Gasteiger charge is 2.78. The van der Waals surface area contributed by atoms with E-state index in [2.05, 4.69) is 0 Å². The highest BCUT2D eigenvalue weighted by Crippen LogP contribution is 2.76. The molecule has 4 rings (SSSR count). The van der Waals surface area contributed by atoms with E-state index >= 15 is 0 Å². The normalized spacial score (nSPS) is 52.9. The van der Waals surface area contributed by atoms with Gasteiger partial charge >= 0.3 is 11.9 Å². The lowest BCUT2D eigenvalue weighted by Gasteiger charge is -2.33. The highest BCUT2D eigenvalue weighted by molar-refractivity contribution is 5.89. The number of aliphatic carboxylic acids is 2. The molecule has 0 atom stereocenters. The lowest BCUT2D eigenvalue weighted by molar-refractivity contribution is -0.167. The third-order valence-electron chi connectivity index (χ3n) is 4.84. The predicted octanol–water partition coefficient (Wildman–Crippen LogP) is 0.962. The van der Waals surface area contributed by atoms with Gasteiger partial charge in [0, 0.05) is 0 Å². The maximum Gasteiger partial charge on any atom is 0.310 e. The molecule has 4 bridgehead atoms. The standard InChI is InChI=1S/C10H12O4/c11-7(12)9-1-5-2-10(9,8(13)14)4-6(5)3-9/h5-6H,1-4H2,(H,11,12)(H,13,14). The van der Waals surface area contributed by atoms with Crippen LogP contribution >= 0.6 is 0 Å². The summed E-state index contributed by atoms with van der Waals surface area (Å²) in [7, 11) is 0. The molecular formula is C10H12O4. The summed E-state index contributed by atoms with van der Waals surface area (Å²) in [6, 6.07) is 0. The van der Waals surface area contributed by atoms with Crippen molar-refractivity contribution in [1.82, 2.24) is 0 Å². The molecule has 0 saturated heterocycles. The van der Waals surface area contributed by atoms with Gasteiger partial charge in [0.2, 0.25) is 0 Å². The molecule has 0 aromatic rings. The Bertz CT molecular complexity index is 300. The summed E-state index contributed by atoms with van der Waals surface area (Å²) in [6.07, 6.45) is 2.39. The zero-order valence-corrected chi connectivity index (χ0v) is 7.69. The molecule has 76 valence electrons. The largest absolute Gasteiger partial charge is 0.481 e. The molecular weight excluding hydrogens is 184 g/mol. The molecule has 0 aromatic heterocycles. The van der Waals surface area contributed by atoms with E-state index in [9.17, 15) is 19.8 Å². The number of hydrogen-bond donors (Lipinski definition) is 2. The number of carboxylic acids is 2. The van der Waals surface area contributed by atoms with Crippen molar-refractivity contribution in [3.8, 4) is 0 Å². The lowest BCUT2D eigenvalue weighted by Crippen LogP contribution is -2.44. The molecule has 0 aliphatic heterocycles. The molecule has 0 amide bonds. The minimum Gasteiger partial charge on any atom is -0.481 e. The summed E-state index contributed by atoms with van der Waals surface area (Å²) in [4.78, 5) is 22.5. The van der Waals surface area contributed by atoms with E-state index in [4.69, 9.17) is 0 Å². The molecule has 4 heteroatoms. The van der Waals surface area contributed by atoms with Crippen molar-refractivity contribution < 1.29 is 19.8 Å². The van der Waals surface area contributed by atoms with Crippen LogP contribution < -0.4 is 0 Å². The lowest BCUT2D eigenvalue weighted by atomic mass is 9.68. The first-order chi connectivity index (χ1) is 6.52. The SMILES string of the molecule is O=C(O)C12CC3CC1(C(=O)O)CC3C2. The average molecular weight is 196 g/mol. The quantitative estimate of drug-likeness (QED) is 0.689. The summed E-state index contributed by atoms with van der Waals surface area (Å²) in [6.45, 7) is 0. The van der Waals surface area contributed by atoms with Crippen molar-refractivity contribution in [2.75, 3.05) is 0 Å². The van der Waals surface area contributed by atoms with Crippen molar-refractivity contribution in [3.63, 3.8) is 0 Å². The fourth-order valence-corrected chi connectivity index (χ4v) is 4.31. The van der Waals surface area contributed by atoms with Crippen LogP contribution in [0.25, 0.3) is 0 Å². The monoisotopic (exact) mass is 196 g/mol. The van der Waals surface area contributed by atoms with Crippen molar-refractivity contribution in [2.24, 2.45) is 22.7 Å². The predicted molar refractivity (Wildman–Crippen MR) is 45.6 cm³/mol. The van der Waals surface area contributed by atoms with E-state index in [-0.39, 0.29) is 0 Å². The van der Waals surface area contributed by atoms with Gasteiger partial charge in [0.25, 0.3) is 0 Å². The molecule has 2 N–H and O–H groups in total. The molecule has 4 fully saturated rings. The van der Waals surface area contributed by atoms with Gasteiger partial charge in [-0.15, -0.1) is 0 Å². The van der Waals surface area contributed by atoms with E-state index in [1.54, 1.807) is 0 Å². The van der Waals surface area contributed by atoms with Crippen LogP contribution in [0.3, 0.4) is 0 Å². The minimum atomic E-state index is -0.922. The second-order valence-electron chi connectivity index (χ2n) is 5.11. The van der Waals surface area contributed by atoms with Gasteiger partial charge in [0.1, 0.15) is 0 Å². The summed E-state index contributed by atoms with van der Waals surface area (Å²) in [5.41, 5.74) is -1.84. The van der Waals surface area contributed by atoms with E-state index in [1.807, 2.05) is 0 Å². The number of rotatable bonds is 2. The van der Waals surface area contributed by atoms with Crippen molar-refractivity contribution >= 4 is 11.9 Å². The second-order valence-corrected chi connectivity index (χ2v) is 5.11. The van der Waals surface area contributed by atoms with Crippen molar-refractivity contribution in [3.05, 3.63) is 0 Å². The Labute approximate surface area is 80.9 Å². The van der Waals surface area contributed by atoms with Crippen LogP contribution in [0.2, 0.25) is 0 Å². The van der Waals surface area contributed by atoms with E-state index in [1.165, 1.54) is 0 Å². The van der Waals surface area contributed by atoms with Gasteiger partial charge in [0.15, 0.2) is 0 Å². The number of carboxylic acid groups (broad SMARTS) is 2. The summed E-state index contributed by atoms with van der Waals surface area (Å²) < 4.78 is 0. The van der Waals surface area contributed by atoms with Crippen LogP contribution in [-0.2, 0) is 9.59 Å². The topological polar surface area (TPSA) is 74.6 Å². The fourth-order valence-electron chi connectivity index (χ4n) is 4.31. The third kappa shape index (κ3) is 0.560. The maximum absolute atomic E-state index is 11.3. The van der Waals surface area contributed by atoms with Crippen molar-refractivity contribution in [1.29, 1.82) is 0 Å². The van der Waals surface area contributed by atoms with E-state index < -0.39 is 22.8 Å². The first-order valence-corrected chi connectivity index (χ1v) is 4.99. The van der Waals surface area contributed by atoms with Gasteiger partial charge in [-0.05, 0) is 37.5 Å². The third-order valence-corrected chi connectivity index (χ3v) is 4.84. The Morgan fingerprint density at radius 1 is 0.857 bits per heavy atom. The van der Waals surface area contributed by atoms with Crippen LogP contribution in [0, 0.1) is 22.7 Å². The van der Waals surface area contributed by atoms with Gasteiger partial charge in [-0.1, -0.05) is 0 Å². The molecule has 0 aromatic carbocycles. The molecule has 0 unspecified atom stereocenters. The Hall–Kier alpha value is -1.06. The number of hydrogen-bond acceptors (Lipinski definition) is 2. The second kappa shape index (κ2) is 1.97. The molecule has 0 radical (unpaired) electrons. The molecule has 0 spiro atoms. The van der Waals surface area contributed by atoms with Crippen LogP contribution in [0.4, 0.5) is 0 Å². The van der Waals surface area contributed by atoms with Crippen LogP contribution in [-0.4, -0.2) is 22.2 Å². The first kappa shape index (κ1) is 8.26. The summed E-state index contributed by atoms with van der Waals surface area (Å²) in [5.74, 6) is -1.05. The zero-order valence-electron chi connectivity index (χ0n) is 7.69. The van der Waals surface area contributed by atoms with Gasteiger partial charge in [-0.25, -0.2) is 0 Å². The van der Waals surface area contributed by atoms with Gasteiger partial charge in [-0.2, -0.15) is 0 Å². The summed E-state index contributed by atoms with van der Waals surface area (Å²) >= 11 is 0. The number of carbonyl (C=O) groups is 2. The maximum atomic E-state index is 11.3. The zero-order chi connectivity index (χ0) is 10.1. The molecule has 4 aliphatic rings.